The van der Waals surface area contributed by atoms with Gasteiger partial charge in [-0.2, -0.15) is 0 Å². The molecule has 1 unspecified atom stereocenters. The second-order valence-electron chi connectivity index (χ2n) is 5.03. The first-order valence-corrected chi connectivity index (χ1v) is 6.83. The summed E-state index contributed by atoms with van der Waals surface area (Å²) >= 11 is 5.88. The van der Waals surface area contributed by atoms with Crippen molar-refractivity contribution in [2.75, 3.05) is 0 Å². The summed E-state index contributed by atoms with van der Waals surface area (Å²) in [7, 11) is 0. The van der Waals surface area contributed by atoms with Crippen molar-refractivity contribution in [1.29, 1.82) is 0 Å². The lowest BCUT2D eigenvalue weighted by Gasteiger charge is -2.26. The van der Waals surface area contributed by atoms with Gasteiger partial charge in [0.2, 0.25) is 0 Å². The van der Waals surface area contributed by atoms with Crippen LogP contribution in [0, 0.1) is 5.82 Å². The van der Waals surface area contributed by atoms with Crippen LogP contribution in [-0.4, -0.2) is 6.04 Å². The maximum absolute atomic E-state index is 13.3. The van der Waals surface area contributed by atoms with E-state index >= 15 is 0 Å². The highest BCUT2D eigenvalue weighted by molar-refractivity contribution is 6.30. The Balaban J connectivity index is 1.73. The standard InChI is InChI=1S/C16H15ClFN/c17-14-4-1-11(2-5-14)7-16-9-13-8-15(18)6-3-12(13)10-19-16/h1-6,8,16,19H,7,9-10H2. The minimum Gasteiger partial charge on any atom is -0.309 e. The van der Waals surface area contributed by atoms with Gasteiger partial charge in [0.15, 0.2) is 0 Å². The van der Waals surface area contributed by atoms with E-state index in [9.17, 15) is 4.39 Å². The highest BCUT2D eigenvalue weighted by Gasteiger charge is 2.18. The Morgan fingerprint density at radius 3 is 2.68 bits per heavy atom. The molecule has 0 saturated carbocycles. The van der Waals surface area contributed by atoms with Gasteiger partial charge in [-0.3, -0.25) is 0 Å². The quantitative estimate of drug-likeness (QED) is 0.880. The van der Waals surface area contributed by atoms with E-state index in [2.05, 4.69) is 5.32 Å². The van der Waals surface area contributed by atoms with Gasteiger partial charge in [-0.25, -0.2) is 4.39 Å². The van der Waals surface area contributed by atoms with Crippen LogP contribution in [0.25, 0.3) is 0 Å². The number of fused-ring (bicyclic) bond motifs is 1. The molecule has 0 saturated heterocycles. The van der Waals surface area contributed by atoms with Crippen LogP contribution in [0.4, 0.5) is 4.39 Å². The third kappa shape index (κ3) is 2.96. The van der Waals surface area contributed by atoms with Gasteiger partial charge in [-0.1, -0.05) is 29.8 Å². The molecule has 0 amide bonds. The zero-order chi connectivity index (χ0) is 13.2. The molecule has 0 spiro atoms. The highest BCUT2D eigenvalue weighted by atomic mass is 35.5. The lowest BCUT2D eigenvalue weighted by molar-refractivity contribution is 0.474. The second kappa shape index (κ2) is 5.32. The molecule has 3 heteroatoms. The van der Waals surface area contributed by atoms with Crippen LogP contribution in [0.2, 0.25) is 5.02 Å². The number of halogens is 2. The average molecular weight is 276 g/mol. The molecule has 1 atom stereocenters. The van der Waals surface area contributed by atoms with Gasteiger partial charge in [-0.05, 0) is 53.8 Å². The summed E-state index contributed by atoms with van der Waals surface area (Å²) in [6.45, 7) is 0.813. The monoisotopic (exact) mass is 275 g/mol. The van der Waals surface area contributed by atoms with Crippen LogP contribution in [0.3, 0.4) is 0 Å². The summed E-state index contributed by atoms with van der Waals surface area (Å²) in [6, 6.07) is 13.3. The van der Waals surface area contributed by atoms with Gasteiger partial charge in [0.25, 0.3) is 0 Å². The van der Waals surface area contributed by atoms with Crippen molar-refractivity contribution >= 4 is 11.6 Å². The molecule has 1 aliphatic rings. The predicted octanol–water partition coefficient (Wildman–Crippen LogP) is 3.74. The van der Waals surface area contributed by atoms with Crippen molar-refractivity contribution in [3.8, 4) is 0 Å². The van der Waals surface area contributed by atoms with E-state index in [0.29, 0.717) is 6.04 Å². The molecule has 0 aliphatic carbocycles. The minimum absolute atomic E-state index is 0.147. The molecule has 1 heterocycles. The summed E-state index contributed by atoms with van der Waals surface area (Å²) in [5, 5.41) is 4.26. The van der Waals surface area contributed by atoms with Gasteiger partial charge in [0, 0.05) is 17.6 Å². The lowest BCUT2D eigenvalue weighted by atomic mass is 9.92. The Morgan fingerprint density at radius 1 is 1.11 bits per heavy atom. The first-order valence-electron chi connectivity index (χ1n) is 6.46. The van der Waals surface area contributed by atoms with Gasteiger partial charge in [-0.15, -0.1) is 0 Å². The molecule has 2 aromatic rings. The van der Waals surface area contributed by atoms with Crippen molar-refractivity contribution in [3.63, 3.8) is 0 Å². The topological polar surface area (TPSA) is 12.0 Å². The van der Waals surface area contributed by atoms with E-state index in [1.54, 1.807) is 6.07 Å². The molecular weight excluding hydrogens is 261 g/mol. The number of rotatable bonds is 2. The first kappa shape index (κ1) is 12.6. The van der Waals surface area contributed by atoms with Crippen molar-refractivity contribution in [2.45, 2.75) is 25.4 Å². The fourth-order valence-electron chi connectivity index (χ4n) is 2.60. The van der Waals surface area contributed by atoms with E-state index in [0.717, 1.165) is 30.0 Å². The summed E-state index contributed by atoms with van der Waals surface area (Å²) in [4.78, 5) is 0. The normalized spacial score (nSPS) is 18.1. The Kier molecular flexibility index (Phi) is 3.54. The Morgan fingerprint density at radius 2 is 1.89 bits per heavy atom. The first-order chi connectivity index (χ1) is 9.20. The van der Waals surface area contributed by atoms with E-state index in [1.807, 2.05) is 30.3 Å². The maximum atomic E-state index is 13.3. The zero-order valence-electron chi connectivity index (χ0n) is 10.5. The SMILES string of the molecule is Fc1ccc2c(c1)CC(Cc1ccc(Cl)cc1)NC2. The number of benzene rings is 2. The van der Waals surface area contributed by atoms with E-state index in [4.69, 9.17) is 11.6 Å². The van der Waals surface area contributed by atoms with E-state index in [1.165, 1.54) is 17.2 Å². The van der Waals surface area contributed by atoms with E-state index < -0.39 is 0 Å². The average Bonchev–Trinajstić information content (AvgIpc) is 2.41. The van der Waals surface area contributed by atoms with Crippen molar-refractivity contribution in [3.05, 3.63) is 70.0 Å². The minimum atomic E-state index is -0.147. The number of nitrogens with one attached hydrogen (secondary N) is 1. The van der Waals surface area contributed by atoms with E-state index in [-0.39, 0.29) is 5.82 Å². The molecule has 19 heavy (non-hydrogen) atoms. The van der Waals surface area contributed by atoms with Crippen LogP contribution >= 0.6 is 11.6 Å². The van der Waals surface area contributed by atoms with Crippen LogP contribution < -0.4 is 5.32 Å². The van der Waals surface area contributed by atoms with Gasteiger partial charge in [0.05, 0.1) is 0 Å². The third-order valence-corrected chi connectivity index (χ3v) is 3.86. The summed E-state index contributed by atoms with van der Waals surface area (Å²) in [6.07, 6.45) is 1.81. The van der Waals surface area contributed by atoms with Gasteiger partial charge in [0.1, 0.15) is 5.82 Å². The van der Waals surface area contributed by atoms with Crippen molar-refractivity contribution in [2.24, 2.45) is 0 Å². The molecule has 2 aromatic carbocycles. The highest BCUT2D eigenvalue weighted by Crippen LogP contribution is 2.20. The largest absolute Gasteiger partial charge is 0.309 e. The van der Waals surface area contributed by atoms with Crippen LogP contribution in [0.5, 0.6) is 0 Å². The molecule has 1 aliphatic heterocycles. The van der Waals surface area contributed by atoms with Gasteiger partial charge < -0.3 is 5.32 Å². The molecule has 3 rings (SSSR count). The Hall–Kier alpha value is -1.38. The lowest BCUT2D eigenvalue weighted by Crippen LogP contribution is -2.37. The molecule has 0 fully saturated rings. The smallest absolute Gasteiger partial charge is 0.123 e. The molecule has 1 N–H and O–H groups in total. The molecular formula is C16H15ClFN. The van der Waals surface area contributed by atoms with Crippen LogP contribution in [-0.2, 0) is 19.4 Å². The molecule has 98 valence electrons. The molecule has 0 aromatic heterocycles. The number of hydrogen-bond donors (Lipinski definition) is 1. The Bertz CT molecular complexity index is 580. The summed E-state index contributed by atoms with van der Waals surface area (Å²) in [5.41, 5.74) is 3.58. The van der Waals surface area contributed by atoms with Crippen LogP contribution in [0.1, 0.15) is 16.7 Å². The summed E-state index contributed by atoms with van der Waals surface area (Å²) < 4.78 is 13.3. The fraction of sp³-hybridized carbons (Fsp3) is 0.250. The summed E-state index contributed by atoms with van der Waals surface area (Å²) in [5.74, 6) is -0.147. The van der Waals surface area contributed by atoms with Crippen LogP contribution in [0.15, 0.2) is 42.5 Å². The predicted molar refractivity (Wildman–Crippen MR) is 75.9 cm³/mol. The maximum Gasteiger partial charge on any atom is 0.123 e. The van der Waals surface area contributed by atoms with Crippen molar-refractivity contribution in [1.82, 2.24) is 5.32 Å². The number of hydrogen-bond acceptors (Lipinski definition) is 1. The fourth-order valence-corrected chi connectivity index (χ4v) is 2.72. The third-order valence-electron chi connectivity index (χ3n) is 3.61. The molecule has 0 radical (unpaired) electrons. The Labute approximate surface area is 117 Å². The molecule has 0 bridgehead atoms. The van der Waals surface area contributed by atoms with Crippen molar-refractivity contribution < 1.29 is 4.39 Å². The second-order valence-corrected chi connectivity index (χ2v) is 5.46. The molecule has 1 nitrogen and oxygen atoms in total. The zero-order valence-corrected chi connectivity index (χ0v) is 11.3. The van der Waals surface area contributed by atoms with Gasteiger partial charge >= 0.3 is 0 Å².